The van der Waals surface area contributed by atoms with Crippen LogP contribution in [0, 0.1) is 5.92 Å². The number of nitrogens with two attached hydrogens (primary N) is 2. The van der Waals surface area contributed by atoms with Crippen molar-refractivity contribution in [3.05, 3.63) is 12.4 Å². The van der Waals surface area contributed by atoms with Crippen molar-refractivity contribution >= 4 is 21.6 Å². The fourth-order valence-electron chi connectivity index (χ4n) is 2.45. The van der Waals surface area contributed by atoms with Gasteiger partial charge in [0, 0.05) is 23.5 Å². The molecule has 1 saturated carbocycles. The zero-order valence-corrected chi connectivity index (χ0v) is 13.9. The number of nitrogen functional groups attached to an aromatic ring is 2. The van der Waals surface area contributed by atoms with Crippen LogP contribution in [0.15, 0.2) is 17.4 Å². The maximum absolute atomic E-state index is 12.7. The van der Waals surface area contributed by atoms with Gasteiger partial charge in [0.2, 0.25) is 5.95 Å². The molecule has 1 aliphatic rings. The fraction of sp³-hybridized carbons (Fsp3) is 0.500. The monoisotopic (exact) mass is 336 g/mol. The highest BCUT2D eigenvalue weighted by Gasteiger charge is 2.31. The summed E-state index contributed by atoms with van der Waals surface area (Å²) in [5, 5.41) is 4.36. The van der Waals surface area contributed by atoms with Crippen LogP contribution in [0.2, 0.25) is 0 Å². The standard InChI is InChI=1S/C14H20N6O2S/c1-8(2)7-23(21,22)13-11(6-20(19-13)9-3-4-9)10-5-17-14(16)18-12(10)15/h5-6,8-9H,3-4,7H2,1-2H3,(H4,15,16,17,18). The molecule has 0 saturated heterocycles. The second-order valence-corrected chi connectivity index (χ2v) is 8.21. The van der Waals surface area contributed by atoms with Gasteiger partial charge in [0.25, 0.3) is 0 Å². The number of sulfone groups is 1. The molecule has 0 radical (unpaired) electrons. The van der Waals surface area contributed by atoms with E-state index in [-0.39, 0.29) is 34.5 Å². The average Bonchev–Trinajstić information content (AvgIpc) is 3.17. The molecule has 1 aliphatic carbocycles. The van der Waals surface area contributed by atoms with Crippen molar-refractivity contribution in [2.24, 2.45) is 5.92 Å². The van der Waals surface area contributed by atoms with Gasteiger partial charge in [0.05, 0.1) is 11.8 Å². The zero-order valence-electron chi connectivity index (χ0n) is 13.1. The maximum atomic E-state index is 12.7. The normalized spacial score (nSPS) is 15.3. The summed E-state index contributed by atoms with van der Waals surface area (Å²) in [7, 11) is -3.52. The Bertz CT molecular complexity index is 839. The van der Waals surface area contributed by atoms with E-state index >= 15 is 0 Å². The third-order valence-electron chi connectivity index (χ3n) is 3.59. The molecule has 3 rings (SSSR count). The SMILES string of the molecule is CC(C)CS(=O)(=O)c1nn(C2CC2)cc1-c1cnc(N)nc1N. The van der Waals surface area contributed by atoms with Crippen LogP contribution in [-0.2, 0) is 9.84 Å². The first-order chi connectivity index (χ1) is 10.8. The van der Waals surface area contributed by atoms with Crippen LogP contribution < -0.4 is 11.5 Å². The molecular formula is C14H20N6O2S. The second-order valence-electron chi connectivity index (χ2n) is 6.26. The zero-order chi connectivity index (χ0) is 16.8. The molecule has 23 heavy (non-hydrogen) atoms. The predicted octanol–water partition coefficient (Wildman–Crippen LogP) is 1.27. The van der Waals surface area contributed by atoms with E-state index in [4.69, 9.17) is 11.5 Å². The maximum Gasteiger partial charge on any atom is 0.221 e. The summed E-state index contributed by atoms with van der Waals surface area (Å²) in [6, 6.07) is 0.257. The Balaban J connectivity index is 2.15. The molecule has 4 N–H and O–H groups in total. The van der Waals surface area contributed by atoms with Crippen molar-refractivity contribution in [1.29, 1.82) is 0 Å². The van der Waals surface area contributed by atoms with Crippen molar-refractivity contribution in [1.82, 2.24) is 19.7 Å². The lowest BCUT2D eigenvalue weighted by molar-refractivity contribution is 0.567. The summed E-state index contributed by atoms with van der Waals surface area (Å²) in [5.74, 6) is 0.220. The highest BCUT2D eigenvalue weighted by atomic mass is 32.2. The molecule has 2 heterocycles. The third-order valence-corrected chi connectivity index (χ3v) is 5.59. The Morgan fingerprint density at radius 2 is 2.00 bits per heavy atom. The minimum Gasteiger partial charge on any atom is -0.383 e. The Morgan fingerprint density at radius 1 is 1.30 bits per heavy atom. The van der Waals surface area contributed by atoms with Gasteiger partial charge in [-0.2, -0.15) is 10.1 Å². The topological polar surface area (TPSA) is 130 Å². The van der Waals surface area contributed by atoms with Gasteiger partial charge in [0.1, 0.15) is 5.82 Å². The summed E-state index contributed by atoms with van der Waals surface area (Å²) in [4.78, 5) is 7.84. The van der Waals surface area contributed by atoms with E-state index in [1.54, 1.807) is 10.9 Å². The highest BCUT2D eigenvalue weighted by molar-refractivity contribution is 7.91. The minimum atomic E-state index is -3.52. The third kappa shape index (κ3) is 3.14. The van der Waals surface area contributed by atoms with Crippen molar-refractivity contribution in [2.75, 3.05) is 17.2 Å². The number of anilines is 2. The van der Waals surface area contributed by atoms with Gasteiger partial charge in [0.15, 0.2) is 14.9 Å². The number of aromatic nitrogens is 4. The van der Waals surface area contributed by atoms with E-state index < -0.39 is 9.84 Å². The predicted molar refractivity (Wildman–Crippen MR) is 87.2 cm³/mol. The van der Waals surface area contributed by atoms with Gasteiger partial charge in [-0.05, 0) is 18.8 Å². The Morgan fingerprint density at radius 3 is 2.57 bits per heavy atom. The van der Waals surface area contributed by atoms with E-state index in [9.17, 15) is 8.42 Å². The quantitative estimate of drug-likeness (QED) is 0.840. The molecule has 9 heteroatoms. The summed E-state index contributed by atoms with van der Waals surface area (Å²) >= 11 is 0. The number of hydrogen-bond acceptors (Lipinski definition) is 7. The van der Waals surface area contributed by atoms with E-state index in [1.807, 2.05) is 13.8 Å². The molecule has 0 aromatic carbocycles. The van der Waals surface area contributed by atoms with E-state index in [0.717, 1.165) is 12.8 Å². The molecule has 124 valence electrons. The van der Waals surface area contributed by atoms with Crippen molar-refractivity contribution < 1.29 is 8.42 Å². The van der Waals surface area contributed by atoms with E-state index in [0.29, 0.717) is 11.1 Å². The van der Waals surface area contributed by atoms with E-state index in [2.05, 4.69) is 15.1 Å². The van der Waals surface area contributed by atoms with Gasteiger partial charge < -0.3 is 11.5 Å². The molecule has 0 aliphatic heterocycles. The Hall–Kier alpha value is -2.16. The molecular weight excluding hydrogens is 316 g/mol. The molecule has 0 spiro atoms. The molecule has 0 atom stereocenters. The van der Waals surface area contributed by atoms with E-state index in [1.165, 1.54) is 6.20 Å². The Labute approximate surface area is 134 Å². The number of rotatable bonds is 5. The largest absolute Gasteiger partial charge is 0.383 e. The van der Waals surface area contributed by atoms with Crippen LogP contribution in [0.3, 0.4) is 0 Å². The lowest BCUT2D eigenvalue weighted by Gasteiger charge is -2.08. The van der Waals surface area contributed by atoms with Crippen LogP contribution in [0.5, 0.6) is 0 Å². The van der Waals surface area contributed by atoms with Crippen LogP contribution in [0.4, 0.5) is 11.8 Å². The Kier molecular flexibility index (Phi) is 3.75. The van der Waals surface area contributed by atoms with Gasteiger partial charge in [-0.1, -0.05) is 13.8 Å². The molecule has 1 fully saturated rings. The number of hydrogen-bond donors (Lipinski definition) is 2. The van der Waals surface area contributed by atoms with Gasteiger partial charge in [-0.25, -0.2) is 13.4 Å². The molecule has 8 nitrogen and oxygen atoms in total. The molecule has 2 aromatic heterocycles. The fourth-order valence-corrected chi connectivity index (χ4v) is 4.20. The molecule has 0 amide bonds. The van der Waals surface area contributed by atoms with Crippen LogP contribution in [-0.4, -0.2) is 33.9 Å². The number of nitrogens with zero attached hydrogens (tertiary/aromatic N) is 4. The summed E-state index contributed by atoms with van der Waals surface area (Å²) < 4.78 is 27.1. The van der Waals surface area contributed by atoms with Crippen molar-refractivity contribution in [2.45, 2.75) is 37.8 Å². The lowest BCUT2D eigenvalue weighted by Crippen LogP contribution is -2.14. The molecule has 2 aromatic rings. The van der Waals surface area contributed by atoms with Crippen molar-refractivity contribution in [3.63, 3.8) is 0 Å². The molecule has 0 unspecified atom stereocenters. The minimum absolute atomic E-state index is 0.000982. The van der Waals surface area contributed by atoms with Crippen molar-refractivity contribution in [3.8, 4) is 11.1 Å². The average molecular weight is 336 g/mol. The first-order valence-electron chi connectivity index (χ1n) is 7.48. The molecule has 0 bridgehead atoms. The summed E-state index contributed by atoms with van der Waals surface area (Å²) in [6.45, 7) is 3.71. The second kappa shape index (κ2) is 5.48. The summed E-state index contributed by atoms with van der Waals surface area (Å²) in [6.07, 6.45) is 5.16. The highest BCUT2D eigenvalue weighted by Crippen LogP contribution is 2.38. The smallest absolute Gasteiger partial charge is 0.221 e. The first kappa shape index (κ1) is 15.7. The van der Waals surface area contributed by atoms with Gasteiger partial charge in [-0.15, -0.1) is 0 Å². The first-order valence-corrected chi connectivity index (χ1v) is 9.13. The lowest BCUT2D eigenvalue weighted by atomic mass is 10.2. The van der Waals surface area contributed by atoms with Crippen LogP contribution in [0.1, 0.15) is 32.7 Å². The van der Waals surface area contributed by atoms with Crippen LogP contribution >= 0.6 is 0 Å². The van der Waals surface area contributed by atoms with Gasteiger partial charge >= 0.3 is 0 Å². The van der Waals surface area contributed by atoms with Crippen LogP contribution in [0.25, 0.3) is 11.1 Å². The van der Waals surface area contributed by atoms with Gasteiger partial charge in [-0.3, -0.25) is 4.68 Å². The summed E-state index contributed by atoms with van der Waals surface area (Å²) in [5.41, 5.74) is 12.3.